The molecule has 10 nitrogen and oxygen atoms in total. The predicted octanol–water partition coefficient (Wildman–Crippen LogP) is 8.27. The second kappa shape index (κ2) is 12.4. The van der Waals surface area contributed by atoms with Gasteiger partial charge in [0, 0.05) is 30.6 Å². The first-order valence-electron chi connectivity index (χ1n) is 18.4. The number of hydrazine groups is 1. The molecule has 0 N–H and O–H groups in total. The van der Waals surface area contributed by atoms with Crippen molar-refractivity contribution in [1.29, 1.82) is 0 Å². The zero-order chi connectivity index (χ0) is 36.9. The maximum atomic E-state index is 14.6. The summed E-state index contributed by atoms with van der Waals surface area (Å²) in [4.78, 5) is 17.7. The van der Waals surface area contributed by atoms with Crippen LogP contribution in [0, 0.1) is 0 Å². The van der Waals surface area contributed by atoms with Crippen molar-refractivity contribution in [3.05, 3.63) is 110 Å². The van der Waals surface area contributed by atoms with Gasteiger partial charge in [-0.3, -0.25) is 9.69 Å². The minimum Gasteiger partial charge on any atom is -0.493 e. The molecule has 0 radical (unpaired) electrons. The smallest absolute Gasteiger partial charge is 0.282 e. The van der Waals surface area contributed by atoms with Crippen molar-refractivity contribution in [2.24, 2.45) is 0 Å². The lowest BCUT2D eigenvalue weighted by atomic mass is 9.85. The largest absolute Gasteiger partial charge is 0.493 e. The van der Waals surface area contributed by atoms with E-state index in [1.54, 1.807) is 28.4 Å². The highest BCUT2D eigenvalue weighted by Gasteiger charge is 2.61. The summed E-state index contributed by atoms with van der Waals surface area (Å²) in [5.41, 5.74) is 7.33. The molecule has 5 aliphatic heterocycles. The molecular weight excluding hydrogens is 703 g/mol. The van der Waals surface area contributed by atoms with Gasteiger partial charge in [0.25, 0.3) is 5.91 Å². The molecule has 6 heterocycles. The van der Waals surface area contributed by atoms with E-state index < -0.39 is 0 Å². The van der Waals surface area contributed by atoms with Gasteiger partial charge in [-0.25, -0.2) is 10.0 Å². The molecule has 5 aromatic rings. The van der Waals surface area contributed by atoms with E-state index >= 15 is 0 Å². The second-order valence-electron chi connectivity index (χ2n) is 14.7. The molecule has 0 saturated heterocycles. The van der Waals surface area contributed by atoms with Crippen molar-refractivity contribution in [2.75, 3.05) is 53.6 Å². The average molecular weight is 744 g/mol. The van der Waals surface area contributed by atoms with E-state index in [1.165, 1.54) is 28.0 Å². The van der Waals surface area contributed by atoms with Crippen LogP contribution in [0.4, 0.5) is 5.69 Å². The first kappa shape index (κ1) is 33.3. The van der Waals surface area contributed by atoms with E-state index in [4.69, 9.17) is 28.4 Å². The van der Waals surface area contributed by atoms with Crippen molar-refractivity contribution >= 4 is 22.9 Å². The van der Waals surface area contributed by atoms with E-state index in [2.05, 4.69) is 47.3 Å². The van der Waals surface area contributed by atoms with Crippen LogP contribution in [-0.4, -0.2) is 64.4 Å². The van der Waals surface area contributed by atoms with E-state index in [1.807, 2.05) is 46.8 Å². The van der Waals surface area contributed by atoms with Gasteiger partial charge in [-0.05, 0) is 108 Å². The van der Waals surface area contributed by atoms with Crippen molar-refractivity contribution in [3.63, 3.8) is 0 Å². The molecule has 1 fully saturated rings. The lowest BCUT2D eigenvalue weighted by Gasteiger charge is -2.48. The summed E-state index contributed by atoms with van der Waals surface area (Å²) in [6.45, 7) is 1.54. The molecule has 11 heteroatoms. The summed E-state index contributed by atoms with van der Waals surface area (Å²) in [6.07, 6.45) is 3.12. The number of carbonyl (C=O) groups excluding carboxylic acids is 1. The number of likely N-dealkylation sites (N-methyl/N-ethyl adjacent to an activating group) is 1. The Morgan fingerprint density at radius 1 is 0.815 bits per heavy atom. The van der Waals surface area contributed by atoms with Gasteiger partial charge >= 0.3 is 0 Å². The Kier molecular flexibility index (Phi) is 7.66. The number of amides is 1. The number of rotatable bonds is 5. The quantitative estimate of drug-likeness (QED) is 0.177. The zero-order valence-electron chi connectivity index (χ0n) is 30.9. The summed E-state index contributed by atoms with van der Waals surface area (Å²) in [6, 6.07) is 22.3. The number of carbonyl (C=O) groups is 1. The van der Waals surface area contributed by atoms with Crippen LogP contribution >= 0.6 is 11.3 Å². The monoisotopic (exact) mass is 743 g/mol. The molecule has 276 valence electrons. The Hall–Kier alpha value is -5.23. The lowest BCUT2D eigenvalue weighted by Crippen LogP contribution is -2.54. The van der Waals surface area contributed by atoms with Crippen LogP contribution in [0.2, 0.25) is 0 Å². The molecule has 11 rings (SSSR count). The van der Waals surface area contributed by atoms with Gasteiger partial charge in [0.2, 0.25) is 5.75 Å². The minimum absolute atomic E-state index is 0.111. The highest BCUT2D eigenvalue weighted by atomic mass is 32.1. The van der Waals surface area contributed by atoms with E-state index in [0.717, 1.165) is 47.5 Å². The number of nitrogens with zero attached hydrogens (tertiary/aromatic N) is 3. The Labute approximate surface area is 318 Å². The Morgan fingerprint density at radius 3 is 2.30 bits per heavy atom. The van der Waals surface area contributed by atoms with Crippen LogP contribution in [0.5, 0.6) is 46.0 Å². The van der Waals surface area contributed by atoms with E-state index in [-0.39, 0.29) is 17.5 Å². The van der Waals surface area contributed by atoms with Gasteiger partial charge in [0.15, 0.2) is 34.5 Å². The van der Waals surface area contributed by atoms with E-state index in [9.17, 15) is 4.79 Å². The van der Waals surface area contributed by atoms with Gasteiger partial charge < -0.3 is 28.4 Å². The van der Waals surface area contributed by atoms with Crippen LogP contribution in [0.25, 0.3) is 0 Å². The van der Waals surface area contributed by atoms with Gasteiger partial charge in [-0.1, -0.05) is 18.2 Å². The highest BCUT2D eigenvalue weighted by Crippen LogP contribution is 2.65. The number of anilines is 1. The number of ether oxygens (including phenoxy) is 6. The molecule has 2 unspecified atom stereocenters. The van der Waals surface area contributed by atoms with Crippen LogP contribution < -0.4 is 33.4 Å². The van der Waals surface area contributed by atoms with Crippen LogP contribution in [0.1, 0.15) is 61.4 Å². The molecule has 1 saturated carbocycles. The Morgan fingerprint density at radius 2 is 1.56 bits per heavy atom. The topological polar surface area (TPSA) is 82.2 Å². The van der Waals surface area contributed by atoms with Gasteiger partial charge in [0.1, 0.15) is 5.75 Å². The van der Waals surface area contributed by atoms with Crippen LogP contribution in [0.3, 0.4) is 0 Å². The summed E-state index contributed by atoms with van der Waals surface area (Å²) in [7, 11) is 8.85. The van der Waals surface area contributed by atoms with Gasteiger partial charge in [-0.15, -0.1) is 11.3 Å². The molecule has 3 atom stereocenters. The SMILES string of the molecule is COc1cc2c3cc1Oc1ccc(cc1)C1CC14c1cc(c(OC)cc1CCN4C)Oc1c(OC)c(OC)cc4c1[C@H](C3)N(CC4)N2C(=O)c1cccs1. The van der Waals surface area contributed by atoms with Crippen molar-refractivity contribution < 1.29 is 33.2 Å². The van der Waals surface area contributed by atoms with E-state index in [0.29, 0.717) is 70.4 Å². The molecule has 7 bridgehead atoms. The third kappa shape index (κ3) is 4.81. The molecule has 4 aromatic carbocycles. The van der Waals surface area contributed by atoms with Crippen molar-refractivity contribution in [2.45, 2.75) is 43.2 Å². The number of hydrogen-bond donors (Lipinski definition) is 0. The second-order valence-corrected chi connectivity index (χ2v) is 15.6. The summed E-state index contributed by atoms with van der Waals surface area (Å²) in [5.74, 6) is 4.94. The number of fused-ring (bicyclic) bond motifs is 2. The van der Waals surface area contributed by atoms with Crippen molar-refractivity contribution in [3.8, 4) is 46.0 Å². The van der Waals surface area contributed by atoms with Crippen LogP contribution in [0.15, 0.2) is 72.1 Å². The maximum absolute atomic E-state index is 14.6. The molecule has 6 aliphatic rings. The van der Waals surface area contributed by atoms with Crippen molar-refractivity contribution in [1.82, 2.24) is 9.91 Å². The summed E-state index contributed by atoms with van der Waals surface area (Å²) in [5, 5.41) is 5.93. The molecular formula is C43H41N3O7S. The summed E-state index contributed by atoms with van der Waals surface area (Å²) >= 11 is 1.43. The third-order valence-corrected chi connectivity index (χ3v) is 13.0. The molecule has 54 heavy (non-hydrogen) atoms. The standard InChI is InChI=1S/C43H41N3O7S/c1-44-14-12-25-18-33(48-2)36-21-29(25)43(44)23-30(43)24-8-10-28(11-9-24)52-35-20-27-17-32-39-26(19-37(50-4)40(51-5)41(39)53-36)13-15-45(32)46(31(27)22-34(35)49-3)42(47)38-7-6-16-54-38/h6-11,16,18-22,30,32H,12-15,17,23H2,1-5H3/t30?,32-,43?/m0/s1. The summed E-state index contributed by atoms with van der Waals surface area (Å²) < 4.78 is 37.9. The zero-order valence-corrected chi connectivity index (χ0v) is 31.7. The lowest BCUT2D eigenvalue weighted by molar-refractivity contribution is 0.0800. The first-order valence-corrected chi connectivity index (χ1v) is 19.3. The normalized spacial score (nSPS) is 22.0. The Bertz CT molecular complexity index is 2330. The molecule has 1 amide bonds. The number of thiophene rings is 1. The highest BCUT2D eigenvalue weighted by molar-refractivity contribution is 7.12. The number of methoxy groups -OCH3 is 4. The Balaban J connectivity index is 1.24. The fourth-order valence-electron chi connectivity index (χ4n) is 9.47. The fraction of sp³-hybridized carbons (Fsp3) is 0.326. The molecule has 1 aromatic heterocycles. The third-order valence-electron chi connectivity index (χ3n) is 12.1. The fourth-order valence-corrected chi connectivity index (χ4v) is 10.1. The van der Waals surface area contributed by atoms with Gasteiger partial charge in [0.05, 0.1) is 50.6 Å². The number of benzene rings is 4. The minimum atomic E-state index is -0.298. The average Bonchev–Trinajstić information content (AvgIpc) is 3.68. The van der Waals surface area contributed by atoms with Crippen LogP contribution in [-0.2, 0) is 24.8 Å². The first-order chi connectivity index (χ1) is 26.4. The number of hydrogen-bond acceptors (Lipinski definition) is 10. The predicted molar refractivity (Wildman–Crippen MR) is 205 cm³/mol. The van der Waals surface area contributed by atoms with Gasteiger partial charge in [-0.2, -0.15) is 0 Å². The molecule has 1 aliphatic carbocycles. The molecule has 1 spiro atoms. The maximum Gasteiger partial charge on any atom is 0.282 e.